The normalized spacial score (nSPS) is 26.1. The van der Waals surface area contributed by atoms with Gasteiger partial charge in [0.25, 0.3) is 0 Å². The Morgan fingerprint density at radius 1 is 1.20 bits per heavy atom. The number of fused-ring (bicyclic) bond motifs is 1. The molecule has 0 aromatic heterocycles. The lowest BCUT2D eigenvalue weighted by Gasteiger charge is -2.30. The first kappa shape index (κ1) is 26.6. The smallest absolute Gasteiger partial charge is 0.339 e. The average Bonchev–Trinajstić information content (AvgIpc) is 2.83. The lowest BCUT2D eigenvalue weighted by molar-refractivity contribution is -0.0644. The van der Waals surface area contributed by atoms with Crippen LogP contribution in [0.2, 0.25) is 0 Å². The van der Waals surface area contributed by atoms with Crippen LogP contribution in [0.25, 0.3) is 0 Å². The predicted molar refractivity (Wildman–Crippen MR) is 134 cm³/mol. The molecular weight excluding hydrogens is 448 g/mol. The second-order valence-electron chi connectivity index (χ2n) is 9.31. The van der Waals surface area contributed by atoms with E-state index in [0.29, 0.717) is 24.0 Å². The van der Waals surface area contributed by atoms with Crippen LogP contribution < -0.4 is 0 Å². The van der Waals surface area contributed by atoms with E-state index in [2.05, 4.69) is 18.2 Å². The minimum Gasteiger partial charge on any atom is -0.508 e. The van der Waals surface area contributed by atoms with Crippen LogP contribution in [0.5, 0.6) is 5.75 Å². The van der Waals surface area contributed by atoms with Crippen LogP contribution in [0.3, 0.4) is 0 Å². The van der Waals surface area contributed by atoms with Gasteiger partial charge in [-0.3, -0.25) is 9.69 Å². The Labute approximate surface area is 206 Å². The summed E-state index contributed by atoms with van der Waals surface area (Å²) >= 11 is 0. The second kappa shape index (κ2) is 13.2. The molecule has 1 saturated heterocycles. The van der Waals surface area contributed by atoms with E-state index in [-0.39, 0.29) is 41.9 Å². The van der Waals surface area contributed by atoms with Crippen molar-refractivity contribution in [3.05, 3.63) is 53.1 Å². The summed E-state index contributed by atoms with van der Waals surface area (Å²) in [5.41, 5.74) is 1.06. The molecule has 2 aliphatic heterocycles. The van der Waals surface area contributed by atoms with Gasteiger partial charge in [0.05, 0.1) is 11.3 Å². The van der Waals surface area contributed by atoms with Gasteiger partial charge < -0.3 is 19.8 Å². The molecule has 3 rings (SSSR count). The summed E-state index contributed by atoms with van der Waals surface area (Å²) in [7, 11) is 0. The van der Waals surface area contributed by atoms with Crippen LogP contribution in [0.1, 0.15) is 72.2 Å². The maximum Gasteiger partial charge on any atom is 0.339 e. The van der Waals surface area contributed by atoms with Crippen LogP contribution in [0.4, 0.5) is 0 Å². The van der Waals surface area contributed by atoms with Gasteiger partial charge >= 0.3 is 5.97 Å². The molecule has 8 heteroatoms. The van der Waals surface area contributed by atoms with Crippen molar-refractivity contribution in [1.82, 2.24) is 4.90 Å². The highest BCUT2D eigenvalue weighted by molar-refractivity contribution is 6.03. The van der Waals surface area contributed by atoms with Crippen molar-refractivity contribution in [1.29, 1.82) is 0 Å². The van der Waals surface area contributed by atoms with E-state index in [9.17, 15) is 19.8 Å². The fourth-order valence-electron chi connectivity index (χ4n) is 4.31. The van der Waals surface area contributed by atoms with Gasteiger partial charge in [-0.05, 0) is 55.9 Å². The molecule has 2 heterocycles. The molecule has 2 N–H and O–H groups in total. The third-order valence-electron chi connectivity index (χ3n) is 6.21. The lowest BCUT2D eigenvalue weighted by atomic mass is 9.96. The number of piperidine rings is 1. The van der Waals surface area contributed by atoms with Crippen LogP contribution in [-0.2, 0) is 16.0 Å². The number of carbonyl (C=O) groups is 2. The van der Waals surface area contributed by atoms with E-state index >= 15 is 0 Å². The summed E-state index contributed by atoms with van der Waals surface area (Å²) in [5, 5.41) is 24.9. The average molecular weight is 485 g/mol. The molecule has 0 amide bonds. The second-order valence-corrected chi connectivity index (χ2v) is 9.31. The van der Waals surface area contributed by atoms with E-state index in [1.165, 1.54) is 18.6 Å². The van der Waals surface area contributed by atoms with Crippen molar-refractivity contribution >= 4 is 18.0 Å². The number of nitrogens with zero attached hydrogens (tertiary/aromatic N) is 2. The zero-order chi connectivity index (χ0) is 25.2. The molecule has 2 aliphatic rings. The number of aliphatic hydroxyl groups is 1. The van der Waals surface area contributed by atoms with Crippen LogP contribution in [0, 0.1) is 5.92 Å². The molecule has 2 unspecified atom stereocenters. The van der Waals surface area contributed by atoms with Crippen molar-refractivity contribution in [3.8, 4) is 5.75 Å². The fourth-order valence-corrected chi connectivity index (χ4v) is 4.31. The monoisotopic (exact) mass is 484 g/mol. The summed E-state index contributed by atoms with van der Waals surface area (Å²) in [6.07, 6.45) is 12.0. The number of phenols is 1. The highest BCUT2D eigenvalue weighted by Crippen LogP contribution is 2.24. The Kier molecular flexibility index (Phi) is 10.0. The zero-order valence-electron chi connectivity index (χ0n) is 20.6. The molecule has 0 bridgehead atoms. The molecule has 1 aromatic carbocycles. The minimum absolute atomic E-state index is 0.0164. The van der Waals surface area contributed by atoms with E-state index < -0.39 is 12.2 Å². The topological polar surface area (TPSA) is 109 Å². The third-order valence-corrected chi connectivity index (χ3v) is 6.21. The number of esters is 1. The van der Waals surface area contributed by atoms with Gasteiger partial charge in [0.1, 0.15) is 18.1 Å². The van der Waals surface area contributed by atoms with Gasteiger partial charge in [-0.25, -0.2) is 4.79 Å². The van der Waals surface area contributed by atoms with Crippen molar-refractivity contribution in [2.45, 2.75) is 64.7 Å². The molecule has 1 fully saturated rings. The number of aromatic hydroxyl groups is 1. The summed E-state index contributed by atoms with van der Waals surface area (Å²) in [4.78, 5) is 32.2. The molecule has 0 aliphatic carbocycles. The Morgan fingerprint density at radius 2 is 1.97 bits per heavy atom. The highest BCUT2D eigenvalue weighted by atomic mass is 16.6. The molecule has 190 valence electrons. The number of ether oxygens (including phenoxy) is 1. The Bertz CT molecular complexity index is 965. The number of aldehydes is 1. The summed E-state index contributed by atoms with van der Waals surface area (Å²) < 4.78 is 5.60. The number of aliphatic hydroxyl groups excluding tert-OH is 1. The van der Waals surface area contributed by atoms with Gasteiger partial charge in [0, 0.05) is 31.5 Å². The van der Waals surface area contributed by atoms with Gasteiger partial charge in [-0.2, -0.15) is 0 Å². The van der Waals surface area contributed by atoms with Crippen molar-refractivity contribution < 1.29 is 29.4 Å². The number of cyclic esters (lactones) is 1. The van der Waals surface area contributed by atoms with E-state index in [4.69, 9.17) is 9.57 Å². The summed E-state index contributed by atoms with van der Waals surface area (Å²) in [6, 6.07) is 2.69. The largest absolute Gasteiger partial charge is 0.508 e. The molecule has 0 spiro atoms. The van der Waals surface area contributed by atoms with E-state index in [1.54, 1.807) is 6.92 Å². The maximum atomic E-state index is 13.0. The number of benzene rings is 1. The number of phenolic OH excluding ortho intramolecular Hbond substituents is 1. The summed E-state index contributed by atoms with van der Waals surface area (Å²) in [6.45, 7) is 5.56. The number of allylic oxidation sites excluding steroid dienone is 3. The first-order chi connectivity index (χ1) is 16.9. The first-order valence-corrected chi connectivity index (χ1v) is 12.3. The number of likely N-dealkylation sites (tertiary alicyclic amines) is 1. The number of rotatable bonds is 5. The van der Waals surface area contributed by atoms with Crippen LogP contribution >= 0.6 is 0 Å². The van der Waals surface area contributed by atoms with Gasteiger partial charge in [0.2, 0.25) is 0 Å². The SMILES string of the molecule is CC1/C=C/C[C@@H](C)OC(=O)c2c(C=O)cc(O)cc2CC(=N\OCC(O)N2CCCCC2)/C=C/C1. The molecular formula is C27H36N2O6. The number of oxime groups is 1. The van der Waals surface area contributed by atoms with Crippen molar-refractivity contribution in [2.75, 3.05) is 19.7 Å². The Balaban J connectivity index is 1.89. The first-order valence-electron chi connectivity index (χ1n) is 12.3. The number of hydrogen-bond acceptors (Lipinski definition) is 8. The van der Waals surface area contributed by atoms with E-state index in [0.717, 1.165) is 32.4 Å². The van der Waals surface area contributed by atoms with Gasteiger partial charge in [-0.1, -0.05) is 36.7 Å². The van der Waals surface area contributed by atoms with Gasteiger partial charge in [-0.15, -0.1) is 0 Å². The molecule has 8 nitrogen and oxygen atoms in total. The summed E-state index contributed by atoms with van der Waals surface area (Å²) in [5.74, 6) is -0.481. The quantitative estimate of drug-likeness (QED) is 0.281. The Hall–Kier alpha value is -2.97. The van der Waals surface area contributed by atoms with Crippen molar-refractivity contribution in [2.24, 2.45) is 11.1 Å². The minimum atomic E-state index is -0.748. The van der Waals surface area contributed by atoms with Crippen molar-refractivity contribution in [3.63, 3.8) is 0 Å². The predicted octanol–water partition coefficient (Wildman–Crippen LogP) is 4.01. The maximum absolute atomic E-state index is 13.0. The molecule has 3 atom stereocenters. The van der Waals surface area contributed by atoms with E-state index in [1.807, 2.05) is 23.1 Å². The standard InChI is InChI=1S/C27H36N2O6/c1-19-8-6-10-20(2)35-27(33)26-21(15-24(31)16-22(26)17-30)14-23(11-7-9-19)28-34-18-25(32)29-12-4-3-5-13-29/h6-8,11,15-17,19-20,25,31-32H,3-5,9-10,12-14,18H2,1-2H3/b8-6+,11-7+,28-23-/t19?,20-,25?/m1/s1. The van der Waals surface area contributed by atoms with Crippen LogP contribution in [-0.4, -0.2) is 65.1 Å². The zero-order valence-corrected chi connectivity index (χ0v) is 20.6. The Morgan fingerprint density at radius 3 is 2.71 bits per heavy atom. The van der Waals surface area contributed by atoms with Crippen LogP contribution in [0.15, 0.2) is 41.6 Å². The number of carbonyl (C=O) groups excluding carboxylic acids is 2. The van der Waals surface area contributed by atoms with Gasteiger partial charge in [0.15, 0.2) is 12.9 Å². The fraction of sp³-hybridized carbons (Fsp3) is 0.519. The highest BCUT2D eigenvalue weighted by Gasteiger charge is 2.23. The third kappa shape index (κ3) is 8.04. The number of hydrogen-bond donors (Lipinski definition) is 2. The molecule has 0 saturated carbocycles. The molecule has 1 aromatic rings. The molecule has 0 radical (unpaired) electrons. The lowest BCUT2D eigenvalue weighted by Crippen LogP contribution is -2.41. The molecule has 35 heavy (non-hydrogen) atoms.